The van der Waals surface area contributed by atoms with E-state index >= 15 is 0 Å². The van der Waals surface area contributed by atoms with Crippen molar-refractivity contribution in [1.82, 2.24) is 0 Å². The second kappa shape index (κ2) is 11.3. The van der Waals surface area contributed by atoms with Crippen LogP contribution in [-0.2, 0) is 32.2 Å². The molecule has 1 aliphatic rings. The molecule has 1 fully saturated rings. The van der Waals surface area contributed by atoms with E-state index in [-0.39, 0.29) is 19.8 Å². The van der Waals surface area contributed by atoms with Gasteiger partial charge in [-0.25, -0.2) is 0 Å². The van der Waals surface area contributed by atoms with Crippen LogP contribution >= 0.6 is 0 Å². The quantitative estimate of drug-likeness (QED) is 0.500. The molecule has 0 radical (unpaired) electrons. The molecule has 0 amide bonds. The summed E-state index contributed by atoms with van der Waals surface area (Å²) in [6.45, 7) is 0.218. The van der Waals surface area contributed by atoms with E-state index in [0.717, 1.165) is 16.7 Å². The number of rotatable bonds is 9. The lowest BCUT2D eigenvalue weighted by Crippen LogP contribution is -2.54. The Labute approximate surface area is 188 Å². The summed E-state index contributed by atoms with van der Waals surface area (Å²) in [6, 6.07) is 28.9. The third-order valence-electron chi connectivity index (χ3n) is 5.33. The lowest BCUT2D eigenvalue weighted by atomic mass is 10.0. The van der Waals surface area contributed by atoms with Gasteiger partial charge in [0.15, 0.2) is 12.6 Å². The molecule has 1 aliphatic heterocycles. The Kier molecular flexibility index (Phi) is 8.01. The molecule has 0 aliphatic carbocycles. The van der Waals surface area contributed by atoms with Gasteiger partial charge in [-0.15, -0.1) is 0 Å². The van der Waals surface area contributed by atoms with Gasteiger partial charge in [0.2, 0.25) is 0 Å². The molecule has 6 nitrogen and oxygen atoms in total. The van der Waals surface area contributed by atoms with E-state index in [0.29, 0.717) is 0 Å². The van der Waals surface area contributed by atoms with Crippen molar-refractivity contribution in [2.75, 3.05) is 6.61 Å². The smallest absolute Gasteiger partial charge is 0.187 e. The van der Waals surface area contributed by atoms with E-state index in [2.05, 4.69) is 0 Å². The second-order valence-corrected chi connectivity index (χ2v) is 7.65. The fraction of sp³-hybridized carbons (Fsp3) is 0.308. The highest BCUT2D eigenvalue weighted by atomic mass is 16.7. The van der Waals surface area contributed by atoms with Crippen LogP contribution in [0.5, 0.6) is 0 Å². The molecule has 6 heteroatoms. The molecular formula is C26H28O6. The number of hydrogen-bond acceptors (Lipinski definition) is 6. The molecule has 0 aromatic heterocycles. The summed E-state index contributed by atoms with van der Waals surface area (Å²) in [5.74, 6) is 0. The van der Waals surface area contributed by atoms with Crippen molar-refractivity contribution in [3.8, 4) is 0 Å². The number of aliphatic hydroxyl groups excluding tert-OH is 2. The summed E-state index contributed by atoms with van der Waals surface area (Å²) >= 11 is 0. The van der Waals surface area contributed by atoms with Gasteiger partial charge in [0.1, 0.15) is 18.3 Å². The Morgan fingerprint density at radius 1 is 0.719 bits per heavy atom. The average Bonchev–Trinajstić information content (AvgIpc) is 2.86. The number of ether oxygens (including phenoxy) is 4. The Balaban J connectivity index is 1.54. The van der Waals surface area contributed by atoms with Gasteiger partial charge in [-0.3, -0.25) is 0 Å². The van der Waals surface area contributed by atoms with Crippen molar-refractivity contribution in [3.63, 3.8) is 0 Å². The highest BCUT2D eigenvalue weighted by molar-refractivity contribution is 5.17. The molecule has 3 aromatic rings. The van der Waals surface area contributed by atoms with Crippen LogP contribution in [0.4, 0.5) is 0 Å². The zero-order valence-electron chi connectivity index (χ0n) is 17.7. The molecule has 1 unspecified atom stereocenters. The van der Waals surface area contributed by atoms with Crippen LogP contribution in [0.1, 0.15) is 23.0 Å². The molecular weight excluding hydrogens is 408 g/mol. The van der Waals surface area contributed by atoms with E-state index in [1.807, 2.05) is 91.0 Å². The van der Waals surface area contributed by atoms with Crippen LogP contribution < -0.4 is 0 Å². The van der Waals surface area contributed by atoms with Gasteiger partial charge < -0.3 is 29.2 Å². The van der Waals surface area contributed by atoms with Crippen LogP contribution in [0.15, 0.2) is 91.0 Å². The van der Waals surface area contributed by atoms with Crippen LogP contribution in [0, 0.1) is 0 Å². The topological polar surface area (TPSA) is 77.4 Å². The first kappa shape index (κ1) is 22.6. The fourth-order valence-electron chi connectivity index (χ4n) is 3.59. The van der Waals surface area contributed by atoms with Crippen molar-refractivity contribution < 1.29 is 29.2 Å². The molecule has 0 spiro atoms. The zero-order chi connectivity index (χ0) is 22.2. The highest BCUT2D eigenvalue weighted by Crippen LogP contribution is 2.33. The minimum atomic E-state index is -1.13. The molecule has 1 heterocycles. The van der Waals surface area contributed by atoms with Gasteiger partial charge in [-0.1, -0.05) is 91.0 Å². The lowest BCUT2D eigenvalue weighted by molar-refractivity contribution is -0.343. The molecule has 1 saturated heterocycles. The third kappa shape index (κ3) is 5.81. The van der Waals surface area contributed by atoms with Crippen molar-refractivity contribution in [2.24, 2.45) is 0 Å². The fourth-order valence-corrected chi connectivity index (χ4v) is 3.59. The monoisotopic (exact) mass is 436 g/mol. The minimum absolute atomic E-state index is 0.285. The number of benzene rings is 3. The number of aliphatic hydroxyl groups is 2. The SMILES string of the molecule is OC[C@@H]1OC(c2ccccc2)O[C@H](C(OCc2ccccc2)OCc2ccccc2)[C@@H]1O. The maximum Gasteiger partial charge on any atom is 0.187 e. The van der Waals surface area contributed by atoms with Gasteiger partial charge in [-0.2, -0.15) is 0 Å². The first-order chi connectivity index (χ1) is 15.7. The van der Waals surface area contributed by atoms with Gasteiger partial charge in [-0.05, 0) is 11.1 Å². The van der Waals surface area contributed by atoms with E-state index in [1.54, 1.807) is 0 Å². The van der Waals surface area contributed by atoms with Gasteiger partial charge >= 0.3 is 0 Å². The number of hydrogen-bond donors (Lipinski definition) is 2. The first-order valence-electron chi connectivity index (χ1n) is 10.7. The van der Waals surface area contributed by atoms with Gasteiger partial charge in [0, 0.05) is 5.56 Å². The molecule has 4 atom stereocenters. The molecule has 32 heavy (non-hydrogen) atoms. The normalized spacial score (nSPS) is 23.3. The molecule has 0 bridgehead atoms. The van der Waals surface area contributed by atoms with Gasteiger partial charge in [0.25, 0.3) is 0 Å². The summed E-state index contributed by atoms with van der Waals surface area (Å²) in [5.41, 5.74) is 2.73. The minimum Gasteiger partial charge on any atom is -0.394 e. The van der Waals surface area contributed by atoms with Crippen LogP contribution in [0.2, 0.25) is 0 Å². The van der Waals surface area contributed by atoms with Gasteiger partial charge in [0.05, 0.1) is 19.8 Å². The molecule has 3 aromatic carbocycles. The van der Waals surface area contributed by atoms with Crippen molar-refractivity contribution in [3.05, 3.63) is 108 Å². The molecule has 168 valence electrons. The lowest BCUT2D eigenvalue weighted by Gasteiger charge is -2.41. The Morgan fingerprint density at radius 2 is 1.22 bits per heavy atom. The molecule has 4 rings (SSSR count). The maximum atomic E-state index is 10.9. The Morgan fingerprint density at radius 3 is 1.72 bits per heavy atom. The predicted molar refractivity (Wildman–Crippen MR) is 118 cm³/mol. The Hall–Kier alpha value is -2.58. The first-order valence-corrected chi connectivity index (χ1v) is 10.7. The Bertz CT molecular complexity index is 877. The van der Waals surface area contributed by atoms with E-state index in [9.17, 15) is 10.2 Å². The van der Waals surface area contributed by atoms with Crippen LogP contribution in [0.3, 0.4) is 0 Å². The second-order valence-electron chi connectivity index (χ2n) is 7.65. The molecule has 0 saturated carbocycles. The van der Waals surface area contributed by atoms with Crippen molar-refractivity contribution in [1.29, 1.82) is 0 Å². The maximum absolute atomic E-state index is 10.9. The van der Waals surface area contributed by atoms with Crippen LogP contribution in [-0.4, -0.2) is 41.4 Å². The summed E-state index contributed by atoms with van der Waals surface area (Å²) in [7, 11) is 0. The van der Waals surface area contributed by atoms with Crippen molar-refractivity contribution >= 4 is 0 Å². The molecule has 2 N–H and O–H groups in total. The van der Waals surface area contributed by atoms with E-state index in [4.69, 9.17) is 18.9 Å². The van der Waals surface area contributed by atoms with E-state index in [1.165, 1.54) is 0 Å². The summed E-state index contributed by atoms with van der Waals surface area (Å²) in [5, 5.41) is 20.7. The van der Waals surface area contributed by atoms with E-state index < -0.39 is 30.9 Å². The average molecular weight is 437 g/mol. The zero-order valence-corrected chi connectivity index (χ0v) is 17.7. The highest BCUT2D eigenvalue weighted by Gasteiger charge is 2.44. The predicted octanol–water partition coefficient (Wildman–Crippen LogP) is 3.58. The summed E-state index contributed by atoms with van der Waals surface area (Å²) in [4.78, 5) is 0. The third-order valence-corrected chi connectivity index (χ3v) is 5.33. The summed E-state index contributed by atoms with van der Waals surface area (Å²) in [6.07, 6.45) is -4.46. The van der Waals surface area contributed by atoms with Crippen LogP contribution in [0.25, 0.3) is 0 Å². The largest absolute Gasteiger partial charge is 0.394 e. The standard InChI is InChI=1S/C26H28O6/c27-16-22-23(28)24(32-25(31-22)21-14-8-3-9-15-21)26(29-17-19-10-4-1-5-11-19)30-18-20-12-6-2-7-13-20/h1-15,22-28H,16-18H2/t22-,23+,24-,25?/m0/s1. The van der Waals surface area contributed by atoms with Crippen molar-refractivity contribution in [2.45, 2.75) is 44.1 Å². The summed E-state index contributed by atoms with van der Waals surface area (Å²) < 4.78 is 24.1.